The van der Waals surface area contributed by atoms with E-state index in [0.717, 1.165) is 0 Å². The van der Waals surface area contributed by atoms with Crippen LogP contribution in [0.2, 0.25) is 0 Å². The van der Waals surface area contributed by atoms with Crippen LogP contribution in [0.3, 0.4) is 0 Å². The number of aromatic amines is 1. The summed E-state index contributed by atoms with van der Waals surface area (Å²) < 4.78 is 34.8. The Morgan fingerprint density at radius 2 is 2.18 bits per heavy atom. The average molecular weight is 256 g/mol. The third-order valence-electron chi connectivity index (χ3n) is 2.03. The van der Waals surface area contributed by atoms with Gasteiger partial charge in [0.05, 0.1) is 0 Å². The standard InChI is InChI=1S/C9H9FN4O2S/c10-7-3-1-2-6(4-7)5-8-12-9(14-13-8)17(11,15)16/h1-4H,5H2,(H2,11,15,16)(H,12,13,14). The van der Waals surface area contributed by atoms with Crippen molar-refractivity contribution in [3.63, 3.8) is 0 Å². The van der Waals surface area contributed by atoms with Gasteiger partial charge < -0.3 is 0 Å². The van der Waals surface area contributed by atoms with E-state index in [1.54, 1.807) is 12.1 Å². The molecule has 0 spiro atoms. The van der Waals surface area contributed by atoms with Crippen LogP contribution in [0.1, 0.15) is 11.4 Å². The zero-order valence-electron chi connectivity index (χ0n) is 8.59. The molecular weight excluding hydrogens is 247 g/mol. The number of nitrogens with two attached hydrogens (primary N) is 1. The minimum atomic E-state index is -3.91. The molecular formula is C9H9FN4O2S. The minimum absolute atomic E-state index is 0.250. The lowest BCUT2D eigenvalue weighted by Gasteiger charge is -1.97. The summed E-state index contributed by atoms with van der Waals surface area (Å²) >= 11 is 0. The number of sulfonamides is 1. The molecule has 0 unspecified atom stereocenters. The first-order valence-electron chi connectivity index (χ1n) is 4.64. The van der Waals surface area contributed by atoms with Crippen molar-refractivity contribution >= 4 is 10.0 Å². The lowest BCUT2D eigenvalue weighted by molar-refractivity contribution is 0.589. The molecule has 1 aromatic carbocycles. The predicted molar refractivity (Wildman–Crippen MR) is 57.0 cm³/mol. The second-order valence-electron chi connectivity index (χ2n) is 3.42. The van der Waals surface area contributed by atoms with Crippen molar-refractivity contribution in [2.45, 2.75) is 11.6 Å². The number of halogens is 1. The van der Waals surface area contributed by atoms with Gasteiger partial charge in [-0.2, -0.15) is 0 Å². The number of aromatic nitrogens is 3. The third-order valence-corrected chi connectivity index (χ3v) is 2.72. The SMILES string of the molecule is NS(=O)(=O)c1n[nH]c(Cc2cccc(F)c2)n1. The summed E-state index contributed by atoms with van der Waals surface area (Å²) in [4.78, 5) is 3.70. The van der Waals surface area contributed by atoms with Gasteiger partial charge in [-0.3, -0.25) is 5.10 Å². The van der Waals surface area contributed by atoms with Gasteiger partial charge in [0.15, 0.2) is 0 Å². The molecule has 0 radical (unpaired) electrons. The summed E-state index contributed by atoms with van der Waals surface area (Å²) in [6.07, 6.45) is 0.250. The van der Waals surface area contributed by atoms with E-state index < -0.39 is 15.2 Å². The highest BCUT2D eigenvalue weighted by atomic mass is 32.2. The predicted octanol–water partition coefficient (Wildman–Crippen LogP) is 0.182. The van der Waals surface area contributed by atoms with Crippen LogP contribution in [0.15, 0.2) is 29.4 Å². The van der Waals surface area contributed by atoms with Gasteiger partial charge >= 0.3 is 0 Å². The largest absolute Gasteiger partial charge is 0.282 e. The fourth-order valence-corrected chi connectivity index (χ4v) is 1.73. The zero-order valence-corrected chi connectivity index (χ0v) is 9.41. The quantitative estimate of drug-likeness (QED) is 0.817. The number of nitrogens with one attached hydrogen (secondary N) is 1. The van der Waals surface area contributed by atoms with Crippen LogP contribution in [0, 0.1) is 5.82 Å². The summed E-state index contributed by atoms with van der Waals surface area (Å²) in [5, 5.41) is 10.3. The first-order valence-corrected chi connectivity index (χ1v) is 6.18. The maximum atomic E-state index is 12.9. The van der Waals surface area contributed by atoms with Gasteiger partial charge in [-0.25, -0.2) is 22.9 Å². The van der Waals surface area contributed by atoms with E-state index in [1.165, 1.54) is 12.1 Å². The molecule has 1 heterocycles. The summed E-state index contributed by atoms with van der Waals surface area (Å²) in [6.45, 7) is 0. The van der Waals surface area contributed by atoms with Crippen molar-refractivity contribution in [2.75, 3.05) is 0 Å². The van der Waals surface area contributed by atoms with E-state index in [9.17, 15) is 12.8 Å². The first kappa shape index (κ1) is 11.7. The zero-order chi connectivity index (χ0) is 12.5. The second-order valence-corrected chi connectivity index (χ2v) is 4.87. The van der Waals surface area contributed by atoms with Crippen molar-refractivity contribution < 1.29 is 12.8 Å². The Hall–Kier alpha value is -1.80. The van der Waals surface area contributed by atoms with Crippen molar-refractivity contribution in [3.8, 4) is 0 Å². The maximum Gasteiger partial charge on any atom is 0.282 e. The van der Waals surface area contributed by atoms with Crippen molar-refractivity contribution in [1.29, 1.82) is 0 Å². The number of H-pyrrole nitrogens is 1. The molecule has 0 aliphatic carbocycles. The lowest BCUT2D eigenvalue weighted by Crippen LogP contribution is -2.14. The molecule has 6 nitrogen and oxygen atoms in total. The topological polar surface area (TPSA) is 102 Å². The van der Waals surface area contributed by atoms with Gasteiger partial charge in [-0.15, -0.1) is 5.10 Å². The van der Waals surface area contributed by atoms with Gasteiger partial charge in [-0.05, 0) is 17.7 Å². The fourth-order valence-electron chi connectivity index (χ4n) is 1.32. The number of hydrogen-bond donors (Lipinski definition) is 2. The first-order chi connectivity index (χ1) is 7.95. The Bertz CT molecular complexity index is 638. The minimum Gasteiger partial charge on any atom is -0.262 e. The summed E-state index contributed by atoms with van der Waals surface area (Å²) in [6, 6.07) is 5.91. The molecule has 0 amide bonds. The van der Waals surface area contributed by atoms with Crippen LogP contribution in [0.5, 0.6) is 0 Å². The molecule has 0 atom stereocenters. The molecule has 3 N–H and O–H groups in total. The fraction of sp³-hybridized carbons (Fsp3) is 0.111. The number of rotatable bonds is 3. The van der Waals surface area contributed by atoms with E-state index >= 15 is 0 Å². The Morgan fingerprint density at radius 3 is 2.76 bits per heavy atom. The molecule has 0 saturated heterocycles. The maximum absolute atomic E-state index is 12.9. The molecule has 1 aromatic heterocycles. The summed E-state index contributed by atoms with van der Waals surface area (Å²) in [5.41, 5.74) is 0.655. The number of primary sulfonamides is 1. The van der Waals surface area contributed by atoms with Crippen LogP contribution >= 0.6 is 0 Å². The van der Waals surface area contributed by atoms with Crippen LogP contribution < -0.4 is 5.14 Å². The van der Waals surface area contributed by atoms with Gasteiger partial charge in [0, 0.05) is 6.42 Å². The molecule has 0 fully saturated rings. The highest BCUT2D eigenvalue weighted by Crippen LogP contribution is 2.08. The summed E-state index contributed by atoms with van der Waals surface area (Å²) in [7, 11) is -3.91. The monoisotopic (exact) mass is 256 g/mol. The van der Waals surface area contributed by atoms with Crippen LogP contribution in [0.4, 0.5) is 4.39 Å². The van der Waals surface area contributed by atoms with E-state index in [1.807, 2.05) is 0 Å². The van der Waals surface area contributed by atoms with Crippen molar-refractivity contribution in [2.24, 2.45) is 5.14 Å². The molecule has 0 aliphatic heterocycles. The highest BCUT2D eigenvalue weighted by molar-refractivity contribution is 7.89. The van der Waals surface area contributed by atoms with E-state index in [-0.39, 0.29) is 12.2 Å². The van der Waals surface area contributed by atoms with Gasteiger partial charge in [0.1, 0.15) is 11.6 Å². The molecule has 0 bridgehead atoms. The van der Waals surface area contributed by atoms with Gasteiger partial charge in [0.25, 0.3) is 15.2 Å². The Balaban J connectivity index is 2.23. The van der Waals surface area contributed by atoms with E-state index in [0.29, 0.717) is 11.4 Å². The Kier molecular flexibility index (Phi) is 2.90. The van der Waals surface area contributed by atoms with Crippen LogP contribution in [0.25, 0.3) is 0 Å². The van der Waals surface area contributed by atoms with E-state index in [2.05, 4.69) is 15.2 Å². The summed E-state index contributed by atoms with van der Waals surface area (Å²) in [5.74, 6) is -0.0617. The molecule has 90 valence electrons. The van der Waals surface area contributed by atoms with Gasteiger partial charge in [-0.1, -0.05) is 12.1 Å². The average Bonchev–Trinajstić information content (AvgIpc) is 2.65. The molecule has 0 saturated carbocycles. The number of benzene rings is 1. The van der Waals surface area contributed by atoms with Crippen LogP contribution in [-0.4, -0.2) is 23.6 Å². The Morgan fingerprint density at radius 1 is 1.41 bits per heavy atom. The van der Waals surface area contributed by atoms with E-state index in [4.69, 9.17) is 5.14 Å². The molecule has 17 heavy (non-hydrogen) atoms. The second kappa shape index (κ2) is 4.22. The normalized spacial score (nSPS) is 11.6. The molecule has 2 aromatic rings. The van der Waals surface area contributed by atoms with Gasteiger partial charge in [0.2, 0.25) is 0 Å². The molecule has 0 aliphatic rings. The van der Waals surface area contributed by atoms with Crippen molar-refractivity contribution in [3.05, 3.63) is 41.5 Å². The highest BCUT2D eigenvalue weighted by Gasteiger charge is 2.14. The Labute approximate surface area is 96.7 Å². The lowest BCUT2D eigenvalue weighted by atomic mass is 10.1. The third kappa shape index (κ3) is 2.86. The van der Waals surface area contributed by atoms with Crippen molar-refractivity contribution in [1.82, 2.24) is 15.2 Å². The molecule has 8 heteroatoms. The smallest absolute Gasteiger partial charge is 0.262 e. The number of hydrogen-bond acceptors (Lipinski definition) is 4. The number of nitrogens with zero attached hydrogens (tertiary/aromatic N) is 2. The van der Waals surface area contributed by atoms with Crippen LogP contribution in [-0.2, 0) is 16.4 Å². The molecule has 2 rings (SSSR count).